The summed E-state index contributed by atoms with van der Waals surface area (Å²) in [6.07, 6.45) is 0. The second-order valence-electron chi connectivity index (χ2n) is 4.68. The molecule has 0 aliphatic carbocycles. The number of primary sulfonamides is 1. The van der Waals surface area contributed by atoms with Gasteiger partial charge in [0, 0.05) is 6.54 Å². The highest BCUT2D eigenvalue weighted by Crippen LogP contribution is 2.09. The minimum absolute atomic E-state index is 0. The van der Waals surface area contributed by atoms with Crippen LogP contribution in [-0.2, 0) is 21.4 Å². The Morgan fingerprint density at radius 3 is 2.45 bits per heavy atom. The molecular weight excluding hydrogens is 302 g/mol. The lowest BCUT2D eigenvalue weighted by Gasteiger charge is -2.15. The van der Waals surface area contributed by atoms with Crippen LogP contribution in [0.15, 0.2) is 29.2 Å². The number of halogens is 1. The standard InChI is InChI=1S/C12H19N3O3S.ClH/c1-8(2)11(13)12(16)15-7-9-4-3-5-10(6-9)19(14,17)18;/h3-6,8,11H,7,13H2,1-2H3,(H,15,16)(H2,14,17,18);1H/t11-;/m1./s1. The second-order valence-corrected chi connectivity index (χ2v) is 6.24. The first-order valence-electron chi connectivity index (χ1n) is 5.87. The normalized spacial score (nSPS) is 12.7. The van der Waals surface area contributed by atoms with E-state index in [2.05, 4.69) is 5.32 Å². The average molecular weight is 322 g/mol. The summed E-state index contributed by atoms with van der Waals surface area (Å²) < 4.78 is 22.4. The highest BCUT2D eigenvalue weighted by atomic mass is 35.5. The molecule has 0 spiro atoms. The fraction of sp³-hybridized carbons (Fsp3) is 0.417. The average Bonchev–Trinajstić information content (AvgIpc) is 2.34. The van der Waals surface area contributed by atoms with Gasteiger partial charge in [-0.3, -0.25) is 4.79 Å². The molecule has 1 aromatic carbocycles. The predicted octanol–water partition coefficient (Wildman–Crippen LogP) is 0.355. The Kier molecular flexibility index (Phi) is 7.15. The Bertz CT molecular complexity index is 561. The van der Waals surface area contributed by atoms with E-state index in [9.17, 15) is 13.2 Å². The van der Waals surface area contributed by atoms with Crippen molar-refractivity contribution in [1.82, 2.24) is 5.32 Å². The van der Waals surface area contributed by atoms with Crippen molar-refractivity contribution in [1.29, 1.82) is 0 Å². The number of nitrogens with one attached hydrogen (secondary N) is 1. The monoisotopic (exact) mass is 321 g/mol. The molecule has 0 saturated carbocycles. The van der Waals surface area contributed by atoms with Crippen molar-refractivity contribution < 1.29 is 13.2 Å². The SMILES string of the molecule is CC(C)[C@@H](N)C(=O)NCc1cccc(S(N)(=O)=O)c1.Cl. The molecule has 0 bridgehead atoms. The van der Waals surface area contributed by atoms with E-state index in [1.54, 1.807) is 12.1 Å². The molecule has 114 valence electrons. The Balaban J connectivity index is 0.00000361. The Morgan fingerprint density at radius 1 is 1.35 bits per heavy atom. The van der Waals surface area contributed by atoms with Crippen molar-refractivity contribution in [2.75, 3.05) is 0 Å². The van der Waals surface area contributed by atoms with Gasteiger partial charge in [0.2, 0.25) is 15.9 Å². The van der Waals surface area contributed by atoms with Gasteiger partial charge in [-0.25, -0.2) is 13.6 Å². The molecule has 0 aliphatic heterocycles. The van der Waals surface area contributed by atoms with Crippen LogP contribution in [0, 0.1) is 5.92 Å². The van der Waals surface area contributed by atoms with E-state index in [1.807, 2.05) is 13.8 Å². The summed E-state index contributed by atoms with van der Waals surface area (Å²) in [6.45, 7) is 3.92. The highest BCUT2D eigenvalue weighted by molar-refractivity contribution is 7.89. The summed E-state index contributed by atoms with van der Waals surface area (Å²) in [4.78, 5) is 11.7. The highest BCUT2D eigenvalue weighted by Gasteiger charge is 2.16. The smallest absolute Gasteiger partial charge is 0.238 e. The van der Waals surface area contributed by atoms with Gasteiger partial charge in [-0.15, -0.1) is 12.4 Å². The molecule has 1 amide bonds. The van der Waals surface area contributed by atoms with Crippen LogP contribution in [0.4, 0.5) is 0 Å². The number of amides is 1. The Hall–Kier alpha value is -1.15. The molecule has 0 aromatic heterocycles. The number of rotatable bonds is 5. The lowest BCUT2D eigenvalue weighted by Crippen LogP contribution is -2.43. The first-order valence-corrected chi connectivity index (χ1v) is 7.41. The fourth-order valence-electron chi connectivity index (χ4n) is 1.44. The predicted molar refractivity (Wildman–Crippen MR) is 79.7 cm³/mol. The maximum atomic E-state index is 11.7. The molecule has 0 fully saturated rings. The van der Waals surface area contributed by atoms with E-state index in [1.165, 1.54) is 12.1 Å². The summed E-state index contributed by atoms with van der Waals surface area (Å²) in [7, 11) is -3.73. The molecule has 8 heteroatoms. The first kappa shape index (κ1) is 18.9. The van der Waals surface area contributed by atoms with Crippen LogP contribution < -0.4 is 16.2 Å². The Morgan fingerprint density at radius 2 is 1.95 bits per heavy atom. The van der Waals surface area contributed by atoms with Crippen LogP contribution in [0.25, 0.3) is 0 Å². The third-order valence-electron chi connectivity index (χ3n) is 2.71. The minimum Gasteiger partial charge on any atom is -0.351 e. The minimum atomic E-state index is -3.73. The zero-order valence-electron chi connectivity index (χ0n) is 11.4. The lowest BCUT2D eigenvalue weighted by atomic mass is 10.0. The maximum absolute atomic E-state index is 11.7. The first-order chi connectivity index (χ1) is 8.71. The van der Waals surface area contributed by atoms with Crippen LogP contribution in [0.5, 0.6) is 0 Å². The zero-order valence-corrected chi connectivity index (χ0v) is 13.0. The van der Waals surface area contributed by atoms with Gasteiger partial charge in [-0.2, -0.15) is 0 Å². The van der Waals surface area contributed by atoms with Crippen LogP contribution in [0.2, 0.25) is 0 Å². The van der Waals surface area contributed by atoms with Gasteiger partial charge in [-0.1, -0.05) is 26.0 Å². The molecule has 0 heterocycles. The summed E-state index contributed by atoms with van der Waals surface area (Å²) in [5.41, 5.74) is 6.34. The van der Waals surface area contributed by atoms with Crippen molar-refractivity contribution >= 4 is 28.3 Å². The molecule has 1 atom stereocenters. The zero-order chi connectivity index (χ0) is 14.6. The molecule has 20 heavy (non-hydrogen) atoms. The van der Waals surface area contributed by atoms with E-state index < -0.39 is 16.1 Å². The number of hydrogen-bond donors (Lipinski definition) is 3. The van der Waals surface area contributed by atoms with Crippen LogP contribution >= 0.6 is 12.4 Å². The summed E-state index contributed by atoms with van der Waals surface area (Å²) >= 11 is 0. The number of nitrogens with two attached hydrogens (primary N) is 2. The molecule has 0 saturated heterocycles. The second kappa shape index (κ2) is 7.58. The van der Waals surface area contributed by atoms with Gasteiger partial charge in [0.25, 0.3) is 0 Å². The van der Waals surface area contributed by atoms with E-state index in [0.29, 0.717) is 5.56 Å². The van der Waals surface area contributed by atoms with Gasteiger partial charge in [0.15, 0.2) is 0 Å². The molecule has 1 rings (SSSR count). The van der Waals surface area contributed by atoms with Crippen LogP contribution in [0.3, 0.4) is 0 Å². The molecule has 5 N–H and O–H groups in total. The topological polar surface area (TPSA) is 115 Å². The van der Waals surface area contributed by atoms with E-state index in [4.69, 9.17) is 10.9 Å². The van der Waals surface area contributed by atoms with Gasteiger partial charge < -0.3 is 11.1 Å². The lowest BCUT2D eigenvalue weighted by molar-refractivity contribution is -0.123. The third-order valence-corrected chi connectivity index (χ3v) is 3.63. The van der Waals surface area contributed by atoms with Crippen molar-refractivity contribution in [2.24, 2.45) is 16.8 Å². The van der Waals surface area contributed by atoms with Crippen LogP contribution in [-0.4, -0.2) is 20.4 Å². The Labute approximate surface area is 125 Å². The number of hydrogen-bond acceptors (Lipinski definition) is 4. The molecule has 0 radical (unpaired) electrons. The van der Waals surface area contributed by atoms with Gasteiger partial charge in [0.1, 0.15) is 0 Å². The molecular formula is C12H20ClN3O3S. The third kappa shape index (κ3) is 5.46. The summed E-state index contributed by atoms with van der Waals surface area (Å²) in [5, 5.41) is 7.69. The maximum Gasteiger partial charge on any atom is 0.238 e. The van der Waals surface area contributed by atoms with Crippen molar-refractivity contribution in [2.45, 2.75) is 31.3 Å². The molecule has 0 aliphatic rings. The number of sulfonamides is 1. The number of benzene rings is 1. The largest absolute Gasteiger partial charge is 0.351 e. The van der Waals surface area contributed by atoms with Gasteiger partial charge in [0.05, 0.1) is 10.9 Å². The molecule has 6 nitrogen and oxygen atoms in total. The van der Waals surface area contributed by atoms with E-state index in [-0.39, 0.29) is 35.7 Å². The van der Waals surface area contributed by atoms with Crippen LogP contribution in [0.1, 0.15) is 19.4 Å². The quantitative estimate of drug-likeness (QED) is 0.726. The van der Waals surface area contributed by atoms with E-state index in [0.717, 1.165) is 0 Å². The van der Waals surface area contributed by atoms with E-state index >= 15 is 0 Å². The van der Waals surface area contributed by atoms with Gasteiger partial charge in [-0.05, 0) is 23.6 Å². The van der Waals surface area contributed by atoms with Crippen molar-refractivity contribution in [3.05, 3.63) is 29.8 Å². The molecule has 0 unspecified atom stereocenters. The number of carbonyl (C=O) groups is 1. The van der Waals surface area contributed by atoms with Crippen molar-refractivity contribution in [3.63, 3.8) is 0 Å². The summed E-state index contributed by atoms with van der Waals surface area (Å²) in [6, 6.07) is 5.53. The fourth-order valence-corrected chi connectivity index (χ4v) is 2.03. The summed E-state index contributed by atoms with van der Waals surface area (Å²) in [5.74, 6) is -0.230. The molecule has 1 aromatic rings. The van der Waals surface area contributed by atoms with Crippen molar-refractivity contribution in [3.8, 4) is 0 Å². The number of carbonyl (C=O) groups excluding carboxylic acids is 1. The van der Waals surface area contributed by atoms with Gasteiger partial charge >= 0.3 is 0 Å².